The highest BCUT2D eigenvalue weighted by molar-refractivity contribution is 7.96. The minimum atomic E-state index is -0.129. The third-order valence-electron chi connectivity index (χ3n) is 2.00. The first-order chi connectivity index (χ1) is 6.86. The molecule has 2 nitrogen and oxygen atoms in total. The Morgan fingerprint density at radius 2 is 2.29 bits per heavy atom. The van der Waals surface area contributed by atoms with Crippen LogP contribution in [0.1, 0.15) is 5.56 Å². The van der Waals surface area contributed by atoms with E-state index < -0.39 is 0 Å². The van der Waals surface area contributed by atoms with Crippen molar-refractivity contribution >= 4 is 18.3 Å². The third kappa shape index (κ3) is 2.26. The van der Waals surface area contributed by atoms with Crippen molar-refractivity contribution in [1.82, 2.24) is 4.31 Å². The van der Waals surface area contributed by atoms with E-state index in [-0.39, 0.29) is 5.82 Å². The van der Waals surface area contributed by atoms with E-state index in [0.717, 1.165) is 18.7 Å². The van der Waals surface area contributed by atoms with Gasteiger partial charge in [-0.15, -0.1) is 0 Å². The molecule has 0 unspecified atom stereocenters. The van der Waals surface area contributed by atoms with Crippen LogP contribution < -0.4 is 0 Å². The van der Waals surface area contributed by atoms with Gasteiger partial charge in [-0.25, -0.2) is 4.39 Å². The molecule has 1 heterocycles. The first-order valence-electron chi connectivity index (χ1n) is 4.49. The SMILES string of the molecule is Fc1ccccc1CSN1C=NCC1. The predicted octanol–water partition coefficient (Wildman–Crippen LogP) is 2.32. The van der Waals surface area contributed by atoms with Crippen LogP contribution >= 0.6 is 11.9 Å². The Morgan fingerprint density at radius 1 is 1.43 bits per heavy atom. The summed E-state index contributed by atoms with van der Waals surface area (Å²) in [4.78, 5) is 4.09. The summed E-state index contributed by atoms with van der Waals surface area (Å²) in [5, 5.41) is 0. The van der Waals surface area contributed by atoms with Crippen molar-refractivity contribution in [1.29, 1.82) is 0 Å². The fraction of sp³-hybridized carbons (Fsp3) is 0.300. The molecule has 0 bridgehead atoms. The van der Waals surface area contributed by atoms with Crippen LogP contribution in [0.4, 0.5) is 4.39 Å². The van der Waals surface area contributed by atoms with Crippen LogP contribution in [-0.2, 0) is 5.75 Å². The molecule has 0 fully saturated rings. The van der Waals surface area contributed by atoms with Crippen molar-refractivity contribution < 1.29 is 4.39 Å². The van der Waals surface area contributed by atoms with Gasteiger partial charge >= 0.3 is 0 Å². The van der Waals surface area contributed by atoms with Crippen LogP contribution in [0.15, 0.2) is 29.3 Å². The fourth-order valence-electron chi connectivity index (χ4n) is 1.23. The van der Waals surface area contributed by atoms with E-state index in [1.165, 1.54) is 6.07 Å². The van der Waals surface area contributed by atoms with Gasteiger partial charge in [0.1, 0.15) is 5.82 Å². The molecule has 0 saturated carbocycles. The number of hydrogen-bond donors (Lipinski definition) is 0. The average Bonchev–Trinajstić information content (AvgIpc) is 2.69. The first-order valence-corrected chi connectivity index (χ1v) is 5.43. The lowest BCUT2D eigenvalue weighted by Gasteiger charge is -2.11. The van der Waals surface area contributed by atoms with E-state index in [2.05, 4.69) is 4.99 Å². The van der Waals surface area contributed by atoms with Crippen LogP contribution in [-0.4, -0.2) is 23.7 Å². The summed E-state index contributed by atoms with van der Waals surface area (Å²) >= 11 is 1.60. The molecule has 1 aromatic carbocycles. The molecule has 0 radical (unpaired) electrons. The van der Waals surface area contributed by atoms with E-state index >= 15 is 0 Å². The number of benzene rings is 1. The number of nitrogens with zero attached hydrogens (tertiary/aromatic N) is 2. The lowest BCUT2D eigenvalue weighted by Crippen LogP contribution is -2.10. The van der Waals surface area contributed by atoms with Crippen LogP contribution in [0, 0.1) is 5.82 Å². The molecule has 0 atom stereocenters. The smallest absolute Gasteiger partial charge is 0.127 e. The van der Waals surface area contributed by atoms with E-state index in [1.54, 1.807) is 18.0 Å². The molecule has 14 heavy (non-hydrogen) atoms. The molecular weight excluding hydrogens is 199 g/mol. The van der Waals surface area contributed by atoms with Crippen molar-refractivity contribution in [3.8, 4) is 0 Å². The van der Waals surface area contributed by atoms with Gasteiger partial charge in [-0.3, -0.25) is 4.99 Å². The number of hydrogen-bond acceptors (Lipinski definition) is 3. The highest BCUT2D eigenvalue weighted by Gasteiger charge is 2.07. The fourth-order valence-corrected chi connectivity index (χ4v) is 2.11. The maximum atomic E-state index is 13.2. The predicted molar refractivity (Wildman–Crippen MR) is 57.8 cm³/mol. The van der Waals surface area contributed by atoms with Gasteiger partial charge in [0, 0.05) is 5.75 Å². The van der Waals surface area contributed by atoms with Gasteiger partial charge in [0.25, 0.3) is 0 Å². The number of aliphatic imine (C=N–C) groups is 1. The summed E-state index contributed by atoms with van der Waals surface area (Å²) in [5.41, 5.74) is 0.748. The Morgan fingerprint density at radius 3 is 3.00 bits per heavy atom. The monoisotopic (exact) mass is 210 g/mol. The molecule has 74 valence electrons. The molecule has 1 aliphatic heterocycles. The highest BCUT2D eigenvalue weighted by Crippen LogP contribution is 2.19. The van der Waals surface area contributed by atoms with E-state index in [9.17, 15) is 4.39 Å². The van der Waals surface area contributed by atoms with Gasteiger partial charge in [0.2, 0.25) is 0 Å². The Balaban J connectivity index is 1.91. The van der Waals surface area contributed by atoms with Gasteiger partial charge in [-0.2, -0.15) is 0 Å². The molecule has 0 saturated heterocycles. The van der Waals surface area contributed by atoms with E-state index in [0.29, 0.717) is 5.75 Å². The van der Waals surface area contributed by atoms with E-state index in [4.69, 9.17) is 0 Å². The normalized spacial score (nSPS) is 15.1. The standard InChI is InChI=1S/C10H11FN2S/c11-10-4-2-1-3-9(10)7-14-13-6-5-12-8-13/h1-4,8H,5-7H2. The Kier molecular flexibility index (Phi) is 3.03. The quantitative estimate of drug-likeness (QED) is 0.711. The lowest BCUT2D eigenvalue weighted by atomic mass is 10.2. The van der Waals surface area contributed by atoms with Gasteiger partial charge < -0.3 is 4.31 Å². The minimum absolute atomic E-state index is 0.129. The first kappa shape index (κ1) is 9.52. The second-order valence-electron chi connectivity index (χ2n) is 3.03. The molecule has 1 aromatic rings. The number of rotatable bonds is 3. The summed E-state index contributed by atoms with van der Waals surface area (Å²) in [5.74, 6) is 0.537. The van der Waals surface area contributed by atoms with Crippen LogP contribution in [0.25, 0.3) is 0 Å². The second-order valence-corrected chi connectivity index (χ2v) is 4.04. The van der Waals surface area contributed by atoms with Crippen LogP contribution in [0.2, 0.25) is 0 Å². The second kappa shape index (κ2) is 4.46. The van der Waals surface area contributed by atoms with Crippen molar-refractivity contribution in [2.45, 2.75) is 5.75 Å². The number of halogens is 1. The molecule has 2 rings (SSSR count). The zero-order valence-electron chi connectivity index (χ0n) is 7.69. The molecule has 0 N–H and O–H groups in total. The minimum Gasteiger partial charge on any atom is -0.305 e. The Labute approximate surface area is 87.0 Å². The zero-order valence-corrected chi connectivity index (χ0v) is 8.51. The zero-order chi connectivity index (χ0) is 9.80. The van der Waals surface area contributed by atoms with Crippen LogP contribution in [0.3, 0.4) is 0 Å². The largest absolute Gasteiger partial charge is 0.305 e. The summed E-state index contributed by atoms with van der Waals surface area (Å²) in [6.45, 7) is 1.78. The summed E-state index contributed by atoms with van der Waals surface area (Å²) in [6, 6.07) is 6.88. The summed E-state index contributed by atoms with van der Waals surface area (Å²) in [6.07, 6.45) is 1.81. The molecule has 4 heteroatoms. The summed E-state index contributed by atoms with van der Waals surface area (Å²) in [7, 11) is 0. The molecular formula is C10H11FN2S. The van der Waals surface area contributed by atoms with Gasteiger partial charge in [0.15, 0.2) is 0 Å². The maximum absolute atomic E-state index is 13.2. The maximum Gasteiger partial charge on any atom is 0.127 e. The molecule has 0 amide bonds. The summed E-state index contributed by atoms with van der Waals surface area (Å²) < 4.78 is 15.2. The van der Waals surface area contributed by atoms with Gasteiger partial charge in [0.05, 0.1) is 19.4 Å². The Bertz CT molecular complexity index is 341. The van der Waals surface area contributed by atoms with Crippen molar-refractivity contribution in [2.24, 2.45) is 4.99 Å². The van der Waals surface area contributed by atoms with Gasteiger partial charge in [-0.05, 0) is 23.6 Å². The molecule has 0 spiro atoms. The van der Waals surface area contributed by atoms with E-state index in [1.807, 2.05) is 22.8 Å². The Hall–Kier alpha value is -1.03. The third-order valence-corrected chi connectivity index (χ3v) is 3.05. The topological polar surface area (TPSA) is 15.6 Å². The highest BCUT2D eigenvalue weighted by atomic mass is 32.2. The molecule has 0 aliphatic carbocycles. The molecule has 0 aromatic heterocycles. The molecule has 1 aliphatic rings. The van der Waals surface area contributed by atoms with Crippen molar-refractivity contribution in [3.63, 3.8) is 0 Å². The van der Waals surface area contributed by atoms with Crippen molar-refractivity contribution in [2.75, 3.05) is 13.1 Å². The van der Waals surface area contributed by atoms with Crippen molar-refractivity contribution in [3.05, 3.63) is 35.6 Å². The van der Waals surface area contributed by atoms with Crippen LogP contribution in [0.5, 0.6) is 0 Å². The lowest BCUT2D eigenvalue weighted by molar-refractivity contribution is 0.616. The van der Waals surface area contributed by atoms with Gasteiger partial charge in [-0.1, -0.05) is 18.2 Å². The average molecular weight is 210 g/mol.